The van der Waals surface area contributed by atoms with Crippen molar-refractivity contribution in [3.63, 3.8) is 0 Å². The van der Waals surface area contributed by atoms with Crippen LogP contribution in [-0.4, -0.2) is 72.5 Å². The minimum Gasteiger partial charge on any atom is -0.472 e. The zero-order valence-electron chi connectivity index (χ0n) is 21.0. The SMILES string of the molecule is C[C@@H]1CN([C@@H](C)CO)C(=O)c2cc(/C=C/c3ccccc3)cnc2O[C@@H]1CN(C)S(=O)(=O)c1cccs1. The highest BCUT2D eigenvalue weighted by molar-refractivity contribution is 7.91. The van der Waals surface area contributed by atoms with Crippen molar-refractivity contribution in [1.82, 2.24) is 14.2 Å². The summed E-state index contributed by atoms with van der Waals surface area (Å²) in [5, 5.41) is 11.6. The predicted molar refractivity (Wildman–Crippen MR) is 145 cm³/mol. The lowest BCUT2D eigenvalue weighted by Crippen LogP contribution is -2.50. The molecule has 1 aliphatic heterocycles. The number of aliphatic hydroxyl groups excluding tert-OH is 1. The van der Waals surface area contributed by atoms with Crippen molar-refractivity contribution in [2.45, 2.75) is 30.2 Å². The number of ether oxygens (including phenoxy) is 1. The first-order valence-electron chi connectivity index (χ1n) is 12.0. The van der Waals surface area contributed by atoms with Crippen LogP contribution < -0.4 is 4.74 Å². The molecule has 196 valence electrons. The number of fused-ring (bicyclic) bond motifs is 1. The highest BCUT2D eigenvalue weighted by Crippen LogP contribution is 2.29. The lowest BCUT2D eigenvalue weighted by atomic mass is 10.00. The zero-order chi connectivity index (χ0) is 26.6. The first kappa shape index (κ1) is 27.0. The number of carbonyl (C=O) groups excluding carboxylic acids is 1. The highest BCUT2D eigenvalue weighted by Gasteiger charge is 2.36. The first-order chi connectivity index (χ1) is 17.7. The molecular formula is C27H31N3O5S2. The Morgan fingerprint density at radius 3 is 2.62 bits per heavy atom. The molecule has 0 saturated heterocycles. The minimum absolute atomic E-state index is 0.0771. The number of pyridine rings is 1. The van der Waals surface area contributed by atoms with Crippen LogP contribution in [0.4, 0.5) is 0 Å². The molecule has 3 aromatic rings. The number of carbonyl (C=O) groups is 1. The quantitative estimate of drug-likeness (QED) is 0.465. The fourth-order valence-electron chi connectivity index (χ4n) is 4.10. The van der Waals surface area contributed by atoms with Crippen molar-refractivity contribution in [3.8, 4) is 5.88 Å². The first-order valence-corrected chi connectivity index (χ1v) is 14.3. The average molecular weight is 542 g/mol. The van der Waals surface area contributed by atoms with Crippen LogP contribution in [0.15, 0.2) is 64.3 Å². The molecule has 1 N–H and O–H groups in total. The van der Waals surface area contributed by atoms with Crippen molar-refractivity contribution < 1.29 is 23.1 Å². The van der Waals surface area contributed by atoms with Gasteiger partial charge in [0.05, 0.1) is 19.2 Å². The van der Waals surface area contributed by atoms with Gasteiger partial charge in [-0.15, -0.1) is 11.3 Å². The van der Waals surface area contributed by atoms with Crippen molar-refractivity contribution in [3.05, 3.63) is 76.8 Å². The van der Waals surface area contributed by atoms with Crippen LogP contribution in [0.5, 0.6) is 5.88 Å². The summed E-state index contributed by atoms with van der Waals surface area (Å²) in [5.74, 6) is -0.370. The number of nitrogens with zero attached hydrogens (tertiary/aromatic N) is 3. The molecule has 3 heterocycles. The summed E-state index contributed by atoms with van der Waals surface area (Å²) in [6, 6.07) is 14.3. The average Bonchev–Trinajstić information content (AvgIpc) is 3.46. The van der Waals surface area contributed by atoms with Crippen LogP contribution in [-0.2, 0) is 10.0 Å². The molecular weight excluding hydrogens is 510 g/mol. The molecule has 1 aliphatic rings. The number of hydrogen-bond donors (Lipinski definition) is 1. The molecule has 3 atom stereocenters. The van der Waals surface area contributed by atoms with E-state index in [0.29, 0.717) is 6.54 Å². The molecule has 1 amide bonds. The summed E-state index contributed by atoms with van der Waals surface area (Å²) in [6.45, 7) is 3.85. The van der Waals surface area contributed by atoms with E-state index in [4.69, 9.17) is 4.74 Å². The van der Waals surface area contributed by atoms with Gasteiger partial charge in [0.15, 0.2) is 0 Å². The fraction of sp³-hybridized carbons (Fsp3) is 0.333. The number of amides is 1. The molecule has 0 bridgehead atoms. The van der Waals surface area contributed by atoms with Crippen molar-refractivity contribution in [2.75, 3.05) is 26.7 Å². The molecule has 1 aromatic carbocycles. The van der Waals surface area contributed by atoms with Crippen molar-refractivity contribution in [2.24, 2.45) is 5.92 Å². The number of aliphatic hydroxyl groups is 1. The Bertz CT molecular complexity index is 1340. The molecule has 0 radical (unpaired) electrons. The van der Waals surface area contributed by atoms with Gasteiger partial charge in [-0.2, -0.15) is 4.31 Å². The van der Waals surface area contributed by atoms with E-state index in [1.165, 1.54) is 11.4 Å². The van der Waals surface area contributed by atoms with E-state index in [1.54, 1.807) is 41.6 Å². The van der Waals surface area contributed by atoms with Gasteiger partial charge in [0.2, 0.25) is 5.88 Å². The molecule has 0 saturated carbocycles. The maximum atomic E-state index is 13.6. The number of hydrogen-bond acceptors (Lipinski definition) is 7. The van der Waals surface area contributed by atoms with E-state index in [-0.39, 0.29) is 40.6 Å². The van der Waals surface area contributed by atoms with Crippen molar-refractivity contribution in [1.29, 1.82) is 0 Å². The number of aromatic nitrogens is 1. The molecule has 0 unspecified atom stereocenters. The molecule has 0 fully saturated rings. The lowest BCUT2D eigenvalue weighted by molar-refractivity contribution is 0.0373. The third-order valence-corrected chi connectivity index (χ3v) is 9.60. The smallest absolute Gasteiger partial charge is 0.259 e. The van der Waals surface area contributed by atoms with Gasteiger partial charge in [0.25, 0.3) is 15.9 Å². The summed E-state index contributed by atoms with van der Waals surface area (Å²) in [7, 11) is -2.16. The number of benzene rings is 1. The van der Waals surface area contributed by atoms with Crippen LogP contribution >= 0.6 is 11.3 Å². The summed E-state index contributed by atoms with van der Waals surface area (Å²) in [6.07, 6.45) is 4.86. The van der Waals surface area contributed by atoms with Gasteiger partial charge >= 0.3 is 0 Å². The second kappa shape index (κ2) is 11.6. The minimum atomic E-state index is -3.68. The third-order valence-electron chi connectivity index (χ3n) is 6.41. The van der Waals surface area contributed by atoms with Gasteiger partial charge in [0.1, 0.15) is 15.9 Å². The van der Waals surface area contributed by atoms with E-state index in [9.17, 15) is 18.3 Å². The fourth-order valence-corrected chi connectivity index (χ4v) is 6.48. The van der Waals surface area contributed by atoms with Crippen LogP contribution in [0.1, 0.15) is 35.3 Å². The molecule has 4 rings (SSSR count). The summed E-state index contributed by atoms with van der Waals surface area (Å²) < 4.78 is 33.8. The Hall–Kier alpha value is -3.05. The van der Waals surface area contributed by atoms with Crippen LogP contribution in [0.25, 0.3) is 12.2 Å². The predicted octanol–water partition coefficient (Wildman–Crippen LogP) is 3.85. The Morgan fingerprint density at radius 2 is 1.95 bits per heavy atom. The van der Waals surface area contributed by atoms with Gasteiger partial charge in [-0.05, 0) is 35.6 Å². The Labute approximate surface area is 221 Å². The zero-order valence-corrected chi connectivity index (χ0v) is 22.7. The Kier molecular flexibility index (Phi) is 8.43. The van der Waals surface area contributed by atoms with Crippen molar-refractivity contribution >= 4 is 39.4 Å². The molecule has 0 aliphatic carbocycles. The van der Waals surface area contributed by atoms with E-state index < -0.39 is 22.2 Å². The van der Waals surface area contributed by atoms with Crippen LogP contribution in [0, 0.1) is 5.92 Å². The molecule has 8 nitrogen and oxygen atoms in total. The highest BCUT2D eigenvalue weighted by atomic mass is 32.2. The second-order valence-corrected chi connectivity index (χ2v) is 12.4. The largest absolute Gasteiger partial charge is 0.472 e. The van der Waals surface area contributed by atoms with Gasteiger partial charge in [-0.1, -0.05) is 55.5 Å². The third kappa shape index (κ3) is 6.10. The van der Waals surface area contributed by atoms with E-state index >= 15 is 0 Å². The van der Waals surface area contributed by atoms with E-state index in [1.807, 2.05) is 49.4 Å². The molecule has 37 heavy (non-hydrogen) atoms. The topological polar surface area (TPSA) is 100 Å². The van der Waals surface area contributed by atoms with E-state index in [0.717, 1.165) is 22.5 Å². The van der Waals surface area contributed by atoms with E-state index in [2.05, 4.69) is 4.98 Å². The number of rotatable bonds is 8. The Morgan fingerprint density at radius 1 is 1.22 bits per heavy atom. The monoisotopic (exact) mass is 541 g/mol. The Balaban J connectivity index is 1.67. The normalized spacial score (nSPS) is 19.4. The maximum Gasteiger partial charge on any atom is 0.259 e. The summed E-state index contributed by atoms with van der Waals surface area (Å²) >= 11 is 1.16. The van der Waals surface area contributed by atoms with Crippen LogP contribution in [0.2, 0.25) is 0 Å². The van der Waals surface area contributed by atoms with Gasteiger partial charge in [0, 0.05) is 25.7 Å². The standard InChI is InChI=1S/C27H31N3O5S2/c1-19-16-30(20(2)18-31)27(32)23-14-22(12-11-21-8-5-4-6-9-21)15-28-26(23)35-24(19)17-29(3)37(33,34)25-10-7-13-36-25/h4-15,19-20,24,31H,16-18H2,1-3H3/b12-11+/t19-,20+,24-/m1/s1. The second-order valence-electron chi connectivity index (χ2n) is 9.21. The summed E-state index contributed by atoms with van der Waals surface area (Å²) in [4.78, 5) is 19.6. The van der Waals surface area contributed by atoms with Gasteiger partial charge in [-0.3, -0.25) is 4.79 Å². The van der Waals surface area contributed by atoms with Crippen LogP contribution in [0.3, 0.4) is 0 Å². The number of likely N-dealkylation sites (N-methyl/N-ethyl adjacent to an activating group) is 1. The molecule has 10 heteroatoms. The lowest BCUT2D eigenvalue weighted by Gasteiger charge is -2.37. The molecule has 0 spiro atoms. The number of thiophene rings is 1. The summed E-state index contributed by atoms with van der Waals surface area (Å²) in [5.41, 5.74) is 2.01. The maximum absolute atomic E-state index is 13.6. The van der Waals surface area contributed by atoms with Gasteiger partial charge in [-0.25, -0.2) is 13.4 Å². The number of sulfonamides is 1. The van der Waals surface area contributed by atoms with Gasteiger partial charge < -0.3 is 14.7 Å². The molecule has 2 aromatic heterocycles.